The molecular formula is C37H36O5. The molecule has 0 saturated heterocycles. The van der Waals surface area contributed by atoms with Crippen LogP contribution in [-0.2, 0) is 32.7 Å². The minimum Gasteiger partial charge on any atom is -0.508 e. The molecule has 5 nitrogen and oxygen atoms in total. The van der Waals surface area contributed by atoms with Crippen LogP contribution in [0.4, 0.5) is 0 Å². The Hall–Kier alpha value is -4.90. The van der Waals surface area contributed by atoms with Gasteiger partial charge in [0.25, 0.3) is 0 Å². The van der Waals surface area contributed by atoms with E-state index in [2.05, 4.69) is 30.3 Å². The van der Waals surface area contributed by atoms with Gasteiger partial charge >= 0.3 is 0 Å². The Morgan fingerprint density at radius 1 is 0.500 bits per heavy atom. The molecule has 214 valence electrons. The van der Waals surface area contributed by atoms with Gasteiger partial charge in [0.05, 0.1) is 7.11 Å². The van der Waals surface area contributed by atoms with E-state index in [1.165, 1.54) is 0 Å². The van der Waals surface area contributed by atoms with Crippen LogP contribution in [0.1, 0.15) is 34.2 Å². The van der Waals surface area contributed by atoms with E-state index in [0.717, 1.165) is 64.3 Å². The number of hydrogen-bond acceptors (Lipinski definition) is 5. The Balaban J connectivity index is 1.24. The van der Waals surface area contributed by atoms with Gasteiger partial charge in [-0.15, -0.1) is 0 Å². The van der Waals surface area contributed by atoms with Crippen molar-refractivity contribution in [2.75, 3.05) is 7.11 Å². The minimum absolute atomic E-state index is 0.186. The first-order valence-electron chi connectivity index (χ1n) is 14.2. The van der Waals surface area contributed by atoms with Gasteiger partial charge in [-0.05, 0) is 71.3 Å². The maximum atomic E-state index is 10.1. The summed E-state index contributed by atoms with van der Waals surface area (Å²) in [7, 11) is 1.65. The SMILES string of the molecule is COc1ccc(COc2cc(O)ccc2CCCc2ccc(OCc3ccccc3)cc2OCc2ccccc2)cc1. The molecule has 0 heterocycles. The monoisotopic (exact) mass is 560 g/mol. The second-order valence-electron chi connectivity index (χ2n) is 10.1. The standard InChI is InChI=1S/C37H36O5/c1-39-34-20-15-30(16-21-34)27-41-36-23-33(38)19-17-31(36)13-8-14-32-18-22-35(40-25-28-9-4-2-5-10-28)24-37(32)42-26-29-11-6-3-7-12-29/h2-7,9-12,15-24,38H,8,13-14,25-27H2,1H3. The summed E-state index contributed by atoms with van der Waals surface area (Å²) in [5, 5.41) is 10.1. The number of phenolic OH excluding ortho intramolecular Hbond substituents is 1. The fourth-order valence-corrected chi connectivity index (χ4v) is 4.68. The molecule has 0 spiro atoms. The molecule has 5 heteroatoms. The maximum Gasteiger partial charge on any atom is 0.126 e. The lowest BCUT2D eigenvalue weighted by Gasteiger charge is -2.15. The fourth-order valence-electron chi connectivity index (χ4n) is 4.68. The van der Waals surface area contributed by atoms with E-state index in [1.54, 1.807) is 19.2 Å². The van der Waals surface area contributed by atoms with Crippen molar-refractivity contribution in [1.29, 1.82) is 0 Å². The molecule has 0 aliphatic heterocycles. The fraction of sp³-hybridized carbons (Fsp3) is 0.189. The van der Waals surface area contributed by atoms with Crippen LogP contribution in [0.5, 0.6) is 28.7 Å². The molecule has 0 amide bonds. The predicted octanol–water partition coefficient (Wildman–Crippen LogP) is 8.31. The van der Waals surface area contributed by atoms with Crippen LogP contribution in [0.25, 0.3) is 0 Å². The van der Waals surface area contributed by atoms with Crippen LogP contribution in [0.3, 0.4) is 0 Å². The first kappa shape index (κ1) is 28.6. The summed E-state index contributed by atoms with van der Waals surface area (Å²) in [6.45, 7) is 1.39. The van der Waals surface area contributed by atoms with Gasteiger partial charge in [-0.25, -0.2) is 0 Å². The molecule has 0 aliphatic rings. The number of aromatic hydroxyl groups is 1. The van der Waals surface area contributed by atoms with E-state index in [0.29, 0.717) is 25.6 Å². The van der Waals surface area contributed by atoms with Crippen molar-refractivity contribution in [1.82, 2.24) is 0 Å². The summed E-state index contributed by atoms with van der Waals surface area (Å²) in [4.78, 5) is 0. The first-order valence-corrected chi connectivity index (χ1v) is 14.2. The van der Waals surface area contributed by atoms with Crippen LogP contribution in [0.15, 0.2) is 121 Å². The van der Waals surface area contributed by atoms with Gasteiger partial charge in [0.1, 0.15) is 48.6 Å². The molecule has 0 fully saturated rings. The topological polar surface area (TPSA) is 57.2 Å². The number of hydrogen-bond donors (Lipinski definition) is 1. The Kier molecular flexibility index (Phi) is 9.98. The average molecular weight is 561 g/mol. The molecular weight excluding hydrogens is 524 g/mol. The van der Waals surface area contributed by atoms with E-state index >= 15 is 0 Å². The molecule has 0 atom stereocenters. The molecule has 0 radical (unpaired) electrons. The van der Waals surface area contributed by atoms with Crippen LogP contribution in [-0.4, -0.2) is 12.2 Å². The number of ether oxygens (including phenoxy) is 4. The molecule has 5 aromatic rings. The highest BCUT2D eigenvalue weighted by molar-refractivity contribution is 5.43. The summed E-state index contributed by atoms with van der Waals surface area (Å²) in [6, 6.07) is 39.5. The van der Waals surface area contributed by atoms with E-state index < -0.39 is 0 Å². The summed E-state index contributed by atoms with van der Waals surface area (Å²) in [5.74, 6) is 3.28. The molecule has 0 unspecified atom stereocenters. The quantitative estimate of drug-likeness (QED) is 0.148. The number of rotatable bonds is 14. The molecule has 42 heavy (non-hydrogen) atoms. The Morgan fingerprint density at radius 2 is 1.00 bits per heavy atom. The summed E-state index contributed by atoms with van der Waals surface area (Å²) in [5.41, 5.74) is 5.43. The average Bonchev–Trinajstić information content (AvgIpc) is 3.04. The second-order valence-corrected chi connectivity index (χ2v) is 10.1. The summed E-state index contributed by atoms with van der Waals surface area (Å²) in [6.07, 6.45) is 2.50. The highest BCUT2D eigenvalue weighted by Crippen LogP contribution is 2.30. The third-order valence-corrected chi connectivity index (χ3v) is 7.02. The van der Waals surface area contributed by atoms with Gasteiger partial charge < -0.3 is 24.1 Å². The molecule has 5 rings (SSSR count). The van der Waals surface area contributed by atoms with Gasteiger partial charge in [0.2, 0.25) is 0 Å². The predicted molar refractivity (Wildman–Crippen MR) is 165 cm³/mol. The first-order chi connectivity index (χ1) is 20.7. The number of aryl methyl sites for hydroxylation is 2. The van der Waals surface area contributed by atoms with E-state index in [4.69, 9.17) is 18.9 Å². The van der Waals surface area contributed by atoms with E-state index in [1.807, 2.05) is 78.9 Å². The Labute approximate surface area is 247 Å². The van der Waals surface area contributed by atoms with Crippen LogP contribution in [0, 0.1) is 0 Å². The minimum atomic E-state index is 0.186. The zero-order valence-electron chi connectivity index (χ0n) is 23.9. The number of methoxy groups -OCH3 is 1. The van der Waals surface area contributed by atoms with Gasteiger partial charge in [-0.2, -0.15) is 0 Å². The lowest BCUT2D eigenvalue weighted by molar-refractivity contribution is 0.287. The lowest BCUT2D eigenvalue weighted by atomic mass is 10.0. The van der Waals surface area contributed by atoms with Gasteiger partial charge in [-0.3, -0.25) is 0 Å². The van der Waals surface area contributed by atoms with Crippen molar-refractivity contribution in [3.8, 4) is 28.7 Å². The van der Waals surface area contributed by atoms with Crippen molar-refractivity contribution in [3.63, 3.8) is 0 Å². The van der Waals surface area contributed by atoms with Gasteiger partial charge in [0.15, 0.2) is 0 Å². The molecule has 1 N–H and O–H groups in total. The van der Waals surface area contributed by atoms with Gasteiger partial charge in [0, 0.05) is 12.1 Å². The van der Waals surface area contributed by atoms with Crippen LogP contribution in [0.2, 0.25) is 0 Å². The van der Waals surface area contributed by atoms with Crippen LogP contribution >= 0.6 is 0 Å². The third-order valence-electron chi connectivity index (χ3n) is 7.02. The van der Waals surface area contributed by atoms with E-state index in [9.17, 15) is 5.11 Å². The highest BCUT2D eigenvalue weighted by atomic mass is 16.5. The third kappa shape index (κ3) is 8.31. The molecule has 0 saturated carbocycles. The summed E-state index contributed by atoms with van der Waals surface area (Å²) >= 11 is 0. The second kappa shape index (κ2) is 14.6. The molecule has 0 bridgehead atoms. The highest BCUT2D eigenvalue weighted by Gasteiger charge is 2.11. The normalized spacial score (nSPS) is 10.7. The lowest BCUT2D eigenvalue weighted by Crippen LogP contribution is -2.02. The van der Waals surface area contributed by atoms with Gasteiger partial charge in [-0.1, -0.05) is 84.9 Å². The molecule has 5 aromatic carbocycles. The molecule has 0 aromatic heterocycles. The Bertz CT molecular complexity index is 1530. The largest absolute Gasteiger partial charge is 0.508 e. The van der Waals surface area contributed by atoms with E-state index in [-0.39, 0.29) is 5.75 Å². The Morgan fingerprint density at radius 3 is 1.60 bits per heavy atom. The zero-order chi connectivity index (χ0) is 29.0. The zero-order valence-corrected chi connectivity index (χ0v) is 23.9. The smallest absolute Gasteiger partial charge is 0.126 e. The van der Waals surface area contributed by atoms with Crippen molar-refractivity contribution >= 4 is 0 Å². The maximum absolute atomic E-state index is 10.1. The van der Waals surface area contributed by atoms with Crippen molar-refractivity contribution in [2.24, 2.45) is 0 Å². The van der Waals surface area contributed by atoms with Crippen molar-refractivity contribution < 1.29 is 24.1 Å². The molecule has 0 aliphatic carbocycles. The number of phenols is 1. The summed E-state index contributed by atoms with van der Waals surface area (Å²) < 4.78 is 23.8. The van der Waals surface area contributed by atoms with Crippen LogP contribution < -0.4 is 18.9 Å². The van der Waals surface area contributed by atoms with Crippen molar-refractivity contribution in [2.45, 2.75) is 39.1 Å². The number of benzene rings is 5. The van der Waals surface area contributed by atoms with Crippen molar-refractivity contribution in [3.05, 3.63) is 149 Å².